The highest BCUT2D eigenvalue weighted by Gasteiger charge is 2.38. The number of benzene rings is 2. The molecule has 1 fully saturated rings. The van der Waals surface area contributed by atoms with E-state index < -0.39 is 28.2 Å². The van der Waals surface area contributed by atoms with Gasteiger partial charge in [0.1, 0.15) is 6.04 Å². The van der Waals surface area contributed by atoms with Crippen molar-refractivity contribution in [3.8, 4) is 0 Å². The minimum absolute atomic E-state index is 0.0790. The number of guanidine groups is 1. The van der Waals surface area contributed by atoms with Gasteiger partial charge in [-0.1, -0.05) is 62.4 Å². The average Bonchev–Trinajstić information content (AvgIpc) is 3.01. The summed E-state index contributed by atoms with van der Waals surface area (Å²) in [4.78, 5) is 40.3. The zero-order chi connectivity index (χ0) is 34.9. The SMILES string of the molecule is Cc1ccc(S(=O)(=O)N(C)C)cc1NC(=O)[C@@H](CC1CCCCC1)N=C(N)NC(=O)C1CCCc2ccccc21.O=C(O)C(F)(F)F. The van der Waals surface area contributed by atoms with Crippen molar-refractivity contribution >= 4 is 39.5 Å². The number of rotatable bonds is 8. The van der Waals surface area contributed by atoms with Crippen LogP contribution in [0.15, 0.2) is 52.4 Å². The summed E-state index contributed by atoms with van der Waals surface area (Å²) >= 11 is 0. The Morgan fingerprint density at radius 3 is 2.30 bits per heavy atom. The largest absolute Gasteiger partial charge is 0.490 e. The van der Waals surface area contributed by atoms with E-state index in [-0.39, 0.29) is 28.6 Å². The Kier molecular flexibility index (Phi) is 12.9. The topological polar surface area (TPSA) is 171 Å². The van der Waals surface area contributed by atoms with Gasteiger partial charge in [-0.15, -0.1) is 0 Å². The van der Waals surface area contributed by atoms with E-state index in [4.69, 9.17) is 15.6 Å². The third-order valence-corrected chi connectivity index (χ3v) is 10.1. The average molecular weight is 682 g/mol. The molecule has 0 heterocycles. The maximum absolute atomic E-state index is 13.6. The number of nitrogens with one attached hydrogen (secondary N) is 2. The second-order valence-electron chi connectivity index (χ2n) is 12.0. The van der Waals surface area contributed by atoms with Crippen LogP contribution in [0.1, 0.15) is 74.0 Å². The van der Waals surface area contributed by atoms with Crippen molar-refractivity contribution in [2.45, 2.75) is 87.7 Å². The van der Waals surface area contributed by atoms with Gasteiger partial charge in [0.2, 0.25) is 21.8 Å². The third-order valence-electron chi connectivity index (χ3n) is 8.30. The third kappa shape index (κ3) is 10.5. The van der Waals surface area contributed by atoms with E-state index in [9.17, 15) is 31.2 Å². The van der Waals surface area contributed by atoms with Crippen LogP contribution in [0.4, 0.5) is 18.9 Å². The maximum Gasteiger partial charge on any atom is 0.490 e. The first-order valence-corrected chi connectivity index (χ1v) is 16.8. The number of aryl methyl sites for hydroxylation is 2. The van der Waals surface area contributed by atoms with Crippen LogP contribution in [-0.4, -0.2) is 67.9 Å². The fraction of sp³-hybridized carbons (Fsp3) is 0.500. The zero-order valence-electron chi connectivity index (χ0n) is 26.6. The number of amides is 2. The summed E-state index contributed by atoms with van der Waals surface area (Å²) in [7, 11) is -0.745. The number of carbonyl (C=O) groups excluding carboxylic acids is 2. The first-order chi connectivity index (χ1) is 22.0. The van der Waals surface area contributed by atoms with Gasteiger partial charge >= 0.3 is 12.1 Å². The van der Waals surface area contributed by atoms with Gasteiger partial charge < -0.3 is 16.2 Å². The quantitative estimate of drug-likeness (QED) is 0.231. The standard InChI is InChI=1S/C30H41N5O4S.C2HF3O2/c1-20-16-17-23(40(38,39)35(2)3)19-26(20)32-29(37)27(18-21-10-5-4-6-11-21)33-30(31)34-28(36)25-15-9-13-22-12-7-8-14-24(22)25;3-2(4,5)1(6)7/h7-8,12,14,16-17,19,21,25,27H,4-6,9-11,13,15,18H2,1-3H3,(H,32,37)(H3,31,33,34,36);(H,6,7)/t25?,27-;/m1./s1. The van der Waals surface area contributed by atoms with Crippen LogP contribution >= 0.6 is 0 Å². The van der Waals surface area contributed by atoms with Crippen LogP contribution in [0, 0.1) is 12.8 Å². The van der Waals surface area contributed by atoms with Gasteiger partial charge in [0.05, 0.1) is 10.8 Å². The molecule has 1 saturated carbocycles. The Bertz CT molecular complexity index is 1570. The lowest BCUT2D eigenvalue weighted by atomic mass is 9.82. The van der Waals surface area contributed by atoms with E-state index in [1.807, 2.05) is 18.2 Å². The Labute approximate surface area is 272 Å². The second-order valence-corrected chi connectivity index (χ2v) is 14.1. The normalized spacial score (nSPS) is 17.9. The number of halogens is 3. The monoisotopic (exact) mass is 681 g/mol. The molecule has 0 bridgehead atoms. The zero-order valence-corrected chi connectivity index (χ0v) is 27.5. The molecule has 2 aliphatic carbocycles. The van der Waals surface area contributed by atoms with Gasteiger partial charge in [-0.05, 0) is 67.3 Å². The van der Waals surface area contributed by atoms with Crippen LogP contribution in [0.3, 0.4) is 0 Å². The number of aliphatic imine (C=N–C) groups is 1. The minimum Gasteiger partial charge on any atom is -0.475 e. The lowest BCUT2D eigenvalue weighted by Gasteiger charge is -2.26. The molecule has 0 saturated heterocycles. The van der Waals surface area contributed by atoms with E-state index in [0.29, 0.717) is 18.0 Å². The lowest BCUT2D eigenvalue weighted by Crippen LogP contribution is -2.42. The predicted molar refractivity (Wildman–Crippen MR) is 171 cm³/mol. The summed E-state index contributed by atoms with van der Waals surface area (Å²) in [5, 5.41) is 12.8. The smallest absolute Gasteiger partial charge is 0.475 e. The molecule has 0 radical (unpaired) electrons. The molecule has 5 N–H and O–H groups in total. The van der Waals surface area contributed by atoms with E-state index in [0.717, 1.165) is 60.4 Å². The number of hydrogen-bond acceptors (Lipinski definition) is 6. The minimum atomic E-state index is -5.08. The number of anilines is 1. The fourth-order valence-electron chi connectivity index (χ4n) is 5.72. The summed E-state index contributed by atoms with van der Waals surface area (Å²) in [6.45, 7) is 1.80. The molecule has 11 nitrogen and oxygen atoms in total. The Balaban J connectivity index is 0.000000771. The Hall–Kier alpha value is -3.98. The highest BCUT2D eigenvalue weighted by molar-refractivity contribution is 7.89. The summed E-state index contributed by atoms with van der Waals surface area (Å²) < 4.78 is 58.2. The van der Waals surface area contributed by atoms with Crippen molar-refractivity contribution in [2.24, 2.45) is 16.6 Å². The molecule has 0 aliphatic heterocycles. The van der Waals surface area contributed by atoms with Crippen LogP contribution in [0.25, 0.3) is 0 Å². The molecule has 258 valence electrons. The van der Waals surface area contributed by atoms with Crippen molar-refractivity contribution in [2.75, 3.05) is 19.4 Å². The highest BCUT2D eigenvalue weighted by Crippen LogP contribution is 2.32. The number of hydrogen-bond donors (Lipinski definition) is 4. The number of carbonyl (C=O) groups is 3. The van der Waals surface area contributed by atoms with Gasteiger partial charge in [0, 0.05) is 19.8 Å². The summed E-state index contributed by atoms with van der Waals surface area (Å²) in [5.41, 5.74) is 9.55. The Morgan fingerprint density at radius 1 is 1.04 bits per heavy atom. The molecule has 0 spiro atoms. The summed E-state index contributed by atoms with van der Waals surface area (Å²) in [6.07, 6.45) is 3.45. The molecule has 1 unspecified atom stereocenters. The summed E-state index contributed by atoms with van der Waals surface area (Å²) in [5.74, 6) is -3.43. The number of fused-ring (bicyclic) bond motifs is 1. The first kappa shape index (κ1) is 37.5. The number of nitrogens with two attached hydrogens (primary N) is 1. The van der Waals surface area contributed by atoms with Crippen LogP contribution < -0.4 is 16.4 Å². The number of aliphatic carboxylic acids is 1. The van der Waals surface area contributed by atoms with Crippen molar-refractivity contribution in [1.29, 1.82) is 0 Å². The van der Waals surface area contributed by atoms with Crippen LogP contribution in [0.2, 0.25) is 0 Å². The van der Waals surface area contributed by atoms with Crippen LogP contribution in [0.5, 0.6) is 0 Å². The molecular weight excluding hydrogens is 639 g/mol. The summed E-state index contributed by atoms with van der Waals surface area (Å²) in [6, 6.07) is 11.8. The molecule has 2 aliphatic rings. The van der Waals surface area contributed by atoms with Crippen molar-refractivity contribution in [1.82, 2.24) is 9.62 Å². The fourth-order valence-corrected chi connectivity index (χ4v) is 6.65. The van der Waals surface area contributed by atoms with Gasteiger partial charge in [0.15, 0.2) is 5.96 Å². The van der Waals surface area contributed by atoms with Gasteiger partial charge in [-0.25, -0.2) is 22.5 Å². The first-order valence-electron chi connectivity index (χ1n) is 15.4. The number of carboxylic acid groups (broad SMARTS) is 1. The highest BCUT2D eigenvalue weighted by atomic mass is 32.2. The molecule has 15 heteroatoms. The molecule has 47 heavy (non-hydrogen) atoms. The molecule has 2 aromatic carbocycles. The van der Waals surface area contributed by atoms with Crippen LogP contribution in [-0.2, 0) is 30.8 Å². The maximum atomic E-state index is 13.6. The van der Waals surface area contributed by atoms with E-state index >= 15 is 0 Å². The number of nitrogens with zero attached hydrogens (tertiary/aromatic N) is 2. The van der Waals surface area contributed by atoms with Gasteiger partial charge in [-0.2, -0.15) is 13.2 Å². The van der Waals surface area contributed by atoms with Gasteiger partial charge in [-0.3, -0.25) is 14.9 Å². The number of alkyl halides is 3. The molecule has 0 aromatic heterocycles. The van der Waals surface area contributed by atoms with E-state index in [1.54, 1.807) is 13.0 Å². The van der Waals surface area contributed by atoms with Crippen molar-refractivity contribution < 1.29 is 41.1 Å². The number of carboxylic acids is 1. The van der Waals surface area contributed by atoms with Crippen molar-refractivity contribution in [3.63, 3.8) is 0 Å². The van der Waals surface area contributed by atoms with Gasteiger partial charge in [0.25, 0.3) is 0 Å². The molecular formula is C32H42F3N5O6S. The predicted octanol–water partition coefficient (Wildman–Crippen LogP) is 4.71. The van der Waals surface area contributed by atoms with E-state index in [1.165, 1.54) is 38.2 Å². The molecule has 2 aromatic rings. The lowest BCUT2D eigenvalue weighted by molar-refractivity contribution is -0.192. The molecule has 2 amide bonds. The molecule has 4 rings (SSSR count). The Morgan fingerprint density at radius 2 is 1.68 bits per heavy atom. The number of sulfonamides is 1. The van der Waals surface area contributed by atoms with E-state index in [2.05, 4.69) is 21.7 Å². The molecule has 2 atom stereocenters. The van der Waals surface area contributed by atoms with Crippen molar-refractivity contribution in [3.05, 3.63) is 59.2 Å². The second kappa shape index (κ2) is 16.2.